The van der Waals surface area contributed by atoms with Crippen LogP contribution < -0.4 is 21.1 Å². The van der Waals surface area contributed by atoms with Gasteiger partial charge in [-0.2, -0.15) is 9.29 Å². The molecule has 304 valence electrons. The number of alkyl halides is 2. The maximum Gasteiger partial charge on any atom is 0.269 e. The normalized spacial score (nSPS) is 20.4. The van der Waals surface area contributed by atoms with Crippen LogP contribution in [0.1, 0.15) is 87.3 Å². The van der Waals surface area contributed by atoms with Crippen LogP contribution in [-0.2, 0) is 26.2 Å². The molecular formula is C41H50F2N8O5S. The van der Waals surface area contributed by atoms with Crippen LogP contribution in [0.15, 0.2) is 70.5 Å². The second-order valence-corrected chi connectivity index (χ2v) is 17.5. The van der Waals surface area contributed by atoms with Crippen molar-refractivity contribution in [2.75, 3.05) is 49.5 Å². The van der Waals surface area contributed by atoms with Crippen LogP contribution in [0.3, 0.4) is 0 Å². The van der Waals surface area contributed by atoms with E-state index in [4.69, 9.17) is 0 Å². The molecule has 1 atom stereocenters. The maximum absolute atomic E-state index is 13.5. The minimum absolute atomic E-state index is 0.113. The van der Waals surface area contributed by atoms with Gasteiger partial charge in [0.1, 0.15) is 5.65 Å². The molecule has 4 aliphatic rings. The van der Waals surface area contributed by atoms with Crippen molar-refractivity contribution < 1.29 is 26.8 Å². The van der Waals surface area contributed by atoms with Crippen molar-refractivity contribution >= 4 is 44.5 Å². The lowest BCUT2D eigenvalue weighted by atomic mass is 9.90. The molecule has 1 unspecified atom stereocenters. The van der Waals surface area contributed by atoms with Gasteiger partial charge in [0, 0.05) is 75.5 Å². The van der Waals surface area contributed by atoms with Crippen LogP contribution in [-0.4, -0.2) is 89.7 Å². The van der Waals surface area contributed by atoms with E-state index in [0.29, 0.717) is 45.3 Å². The number of H-pyrrole nitrogens is 1. The molecule has 13 nitrogen and oxygen atoms in total. The highest BCUT2D eigenvalue weighted by atomic mass is 32.2. The maximum atomic E-state index is 13.5. The molecule has 3 N–H and O–H groups in total. The SMILES string of the molecule is CC1CCCC1.O=C1CCC(c2cccc(N3CCN(Cc4ccc(S(=O)(=O)N5CCC(Nc6ncc7cc(C(F)F)c(=O)[nH]c7n6)CC5)cc4)CC3)c2)C(=O)N1. The Hall–Kier alpha value is -4.80. The summed E-state index contributed by atoms with van der Waals surface area (Å²) in [5.74, 6) is 0.490. The highest BCUT2D eigenvalue weighted by Gasteiger charge is 2.31. The molecule has 0 bridgehead atoms. The first-order chi connectivity index (χ1) is 27.4. The largest absolute Gasteiger partial charge is 0.369 e. The number of fused-ring (bicyclic) bond motifs is 1. The molecule has 4 fully saturated rings. The number of carbonyl (C=O) groups is 2. The Balaban J connectivity index is 0.000000757. The number of amides is 2. The number of piperazine rings is 1. The molecule has 4 aromatic rings. The number of hydrogen-bond donors (Lipinski definition) is 3. The molecule has 2 amide bonds. The van der Waals surface area contributed by atoms with Gasteiger partial charge in [-0.15, -0.1) is 0 Å². The molecule has 0 radical (unpaired) electrons. The van der Waals surface area contributed by atoms with Crippen LogP contribution in [0.25, 0.3) is 11.0 Å². The number of pyridine rings is 1. The van der Waals surface area contributed by atoms with Crippen molar-refractivity contribution in [3.8, 4) is 0 Å². The van der Waals surface area contributed by atoms with E-state index in [1.807, 2.05) is 36.4 Å². The van der Waals surface area contributed by atoms with Crippen molar-refractivity contribution in [2.24, 2.45) is 5.92 Å². The van der Waals surface area contributed by atoms with Gasteiger partial charge in [-0.05, 0) is 66.6 Å². The molecule has 16 heteroatoms. The summed E-state index contributed by atoms with van der Waals surface area (Å²) < 4.78 is 54.5. The Kier molecular flexibility index (Phi) is 12.6. The molecule has 8 rings (SSSR count). The van der Waals surface area contributed by atoms with Gasteiger partial charge in [-0.25, -0.2) is 22.2 Å². The van der Waals surface area contributed by atoms with Gasteiger partial charge in [-0.1, -0.05) is 56.9 Å². The molecule has 3 aliphatic heterocycles. The van der Waals surface area contributed by atoms with E-state index in [1.54, 1.807) is 12.1 Å². The monoisotopic (exact) mass is 804 g/mol. The second kappa shape index (κ2) is 17.8. The number of hydrogen-bond acceptors (Lipinski definition) is 10. The first-order valence-corrected chi connectivity index (χ1v) is 21.3. The number of carbonyl (C=O) groups excluding carboxylic acids is 2. The number of imide groups is 1. The van der Waals surface area contributed by atoms with Gasteiger partial charge in [-0.3, -0.25) is 24.6 Å². The number of benzene rings is 2. The first-order valence-electron chi connectivity index (χ1n) is 19.9. The van der Waals surface area contributed by atoms with Crippen molar-refractivity contribution in [2.45, 2.75) is 88.1 Å². The molecule has 5 heterocycles. The standard InChI is InChI=1S/C35H38F2N8O5S.C6H12/c36-31(37)29-19-24-20-38-35(42-32(24)41-34(29)48)39-25-10-12-45(13-11-25)51(49,50)27-6-4-22(5-7-27)21-43-14-16-44(17-15-43)26-3-1-2-23(18-26)28-8-9-30(46)40-33(28)47;1-6-4-2-3-5-6/h1-7,18-20,25,28,31H,8-17,21H2,(H,40,46,47)(H2,38,39,41,42,48);6H,2-5H2,1H3. The van der Waals surface area contributed by atoms with Crippen LogP contribution in [0, 0.1) is 5.92 Å². The Morgan fingerprint density at radius 1 is 0.895 bits per heavy atom. The fraction of sp³-hybridized carbons (Fsp3) is 0.488. The number of anilines is 2. The zero-order valence-electron chi connectivity index (χ0n) is 32.1. The van der Waals surface area contributed by atoms with Crippen molar-refractivity contribution in [3.05, 3.63) is 87.8 Å². The third kappa shape index (κ3) is 9.84. The second-order valence-electron chi connectivity index (χ2n) is 15.6. The summed E-state index contributed by atoms with van der Waals surface area (Å²) in [7, 11) is -3.70. The van der Waals surface area contributed by atoms with Crippen molar-refractivity contribution in [1.29, 1.82) is 0 Å². The summed E-state index contributed by atoms with van der Waals surface area (Å²) in [5.41, 5.74) is 1.59. The Labute approximate surface area is 331 Å². The molecule has 3 saturated heterocycles. The molecule has 2 aromatic carbocycles. The highest BCUT2D eigenvalue weighted by molar-refractivity contribution is 7.89. The van der Waals surface area contributed by atoms with Gasteiger partial charge in [0.05, 0.1) is 16.4 Å². The zero-order valence-corrected chi connectivity index (χ0v) is 32.9. The summed E-state index contributed by atoms with van der Waals surface area (Å²) in [4.78, 5) is 51.6. The number of aromatic nitrogens is 3. The summed E-state index contributed by atoms with van der Waals surface area (Å²) in [5, 5.41) is 5.90. The lowest BCUT2D eigenvalue weighted by Crippen LogP contribution is -2.46. The Morgan fingerprint density at radius 3 is 2.26 bits per heavy atom. The molecule has 2 aromatic heterocycles. The number of nitrogens with one attached hydrogen (secondary N) is 3. The quantitative estimate of drug-likeness (QED) is 0.183. The Morgan fingerprint density at radius 2 is 1.61 bits per heavy atom. The summed E-state index contributed by atoms with van der Waals surface area (Å²) in [6.45, 7) is 6.90. The Bertz CT molecular complexity index is 2220. The van der Waals surface area contributed by atoms with Gasteiger partial charge in [0.15, 0.2) is 0 Å². The fourth-order valence-electron chi connectivity index (χ4n) is 8.08. The third-order valence-electron chi connectivity index (χ3n) is 11.5. The van der Waals surface area contributed by atoms with Gasteiger partial charge in [0.25, 0.3) is 12.0 Å². The summed E-state index contributed by atoms with van der Waals surface area (Å²) in [6.07, 6.45) is 6.28. The van der Waals surface area contributed by atoms with Gasteiger partial charge in [0.2, 0.25) is 27.8 Å². The number of rotatable bonds is 9. The molecule has 1 aliphatic carbocycles. The van der Waals surface area contributed by atoms with Crippen molar-refractivity contribution in [3.63, 3.8) is 0 Å². The van der Waals surface area contributed by atoms with Crippen molar-refractivity contribution in [1.82, 2.24) is 29.5 Å². The smallest absolute Gasteiger partial charge is 0.269 e. The third-order valence-corrected chi connectivity index (χ3v) is 13.4. The average molecular weight is 805 g/mol. The van der Waals surface area contributed by atoms with E-state index in [-0.39, 0.29) is 45.7 Å². The number of piperidine rings is 2. The number of halogens is 2. The first kappa shape index (κ1) is 40.4. The van der Waals surface area contributed by atoms with Crippen LogP contribution in [0.4, 0.5) is 20.4 Å². The number of aromatic amines is 1. The van der Waals surface area contributed by atoms with E-state index < -0.39 is 27.6 Å². The van der Waals surface area contributed by atoms with E-state index in [2.05, 4.69) is 42.3 Å². The predicted octanol–water partition coefficient (Wildman–Crippen LogP) is 5.56. The highest BCUT2D eigenvalue weighted by Crippen LogP contribution is 2.29. The summed E-state index contributed by atoms with van der Waals surface area (Å²) in [6, 6.07) is 16.0. The number of nitrogens with zero attached hydrogens (tertiary/aromatic N) is 5. The topological polar surface area (TPSA) is 161 Å². The van der Waals surface area contributed by atoms with Crippen LogP contribution in [0.5, 0.6) is 0 Å². The summed E-state index contributed by atoms with van der Waals surface area (Å²) >= 11 is 0. The van der Waals surface area contributed by atoms with E-state index in [0.717, 1.165) is 55.0 Å². The molecular weight excluding hydrogens is 755 g/mol. The molecule has 0 spiro atoms. The van der Waals surface area contributed by atoms with E-state index in [9.17, 15) is 31.6 Å². The lowest BCUT2D eigenvalue weighted by Gasteiger charge is -2.36. The minimum Gasteiger partial charge on any atom is -0.369 e. The van der Waals surface area contributed by atoms with Gasteiger partial charge < -0.3 is 15.2 Å². The predicted molar refractivity (Wildman–Crippen MR) is 214 cm³/mol. The average Bonchev–Trinajstić information content (AvgIpc) is 3.69. The minimum atomic E-state index is -3.70. The van der Waals surface area contributed by atoms with Gasteiger partial charge >= 0.3 is 0 Å². The van der Waals surface area contributed by atoms with Crippen LogP contribution >= 0.6 is 0 Å². The molecule has 1 saturated carbocycles. The lowest BCUT2D eigenvalue weighted by molar-refractivity contribution is -0.134. The van der Waals surface area contributed by atoms with Crippen LogP contribution in [0.2, 0.25) is 0 Å². The fourth-order valence-corrected chi connectivity index (χ4v) is 9.55. The number of sulfonamides is 1. The zero-order chi connectivity index (χ0) is 40.1. The van der Waals surface area contributed by atoms with E-state index in [1.165, 1.54) is 36.2 Å². The van der Waals surface area contributed by atoms with E-state index >= 15 is 0 Å². The molecule has 57 heavy (non-hydrogen) atoms.